The summed E-state index contributed by atoms with van der Waals surface area (Å²) in [7, 11) is 0. The SMILES string of the molecule is O=C(CN1CCCC(c2ccccc2)(c2ccccc2)C1=O)NC1CCN(Cc2cccc(C(F)(F)F)c2)C1. The monoisotopic (exact) mass is 535 g/mol. The molecule has 0 spiro atoms. The predicted octanol–water partition coefficient (Wildman–Crippen LogP) is 5.00. The summed E-state index contributed by atoms with van der Waals surface area (Å²) < 4.78 is 39.2. The topological polar surface area (TPSA) is 52.7 Å². The lowest BCUT2D eigenvalue weighted by Gasteiger charge is -2.42. The maximum absolute atomic E-state index is 14.0. The van der Waals surface area contributed by atoms with E-state index in [-0.39, 0.29) is 24.4 Å². The van der Waals surface area contributed by atoms with Gasteiger partial charge in [-0.1, -0.05) is 78.9 Å². The molecule has 0 aliphatic carbocycles. The molecule has 5 rings (SSSR count). The average Bonchev–Trinajstić information content (AvgIpc) is 3.37. The number of rotatable bonds is 7. The number of hydrogen-bond donors (Lipinski definition) is 1. The third-order valence-corrected chi connectivity index (χ3v) is 7.80. The zero-order chi connectivity index (χ0) is 27.5. The van der Waals surface area contributed by atoms with Gasteiger partial charge in [-0.05, 0) is 42.0 Å². The van der Waals surface area contributed by atoms with Crippen LogP contribution in [-0.4, -0.2) is 53.8 Å². The summed E-state index contributed by atoms with van der Waals surface area (Å²) >= 11 is 0. The van der Waals surface area contributed by atoms with Crippen molar-refractivity contribution >= 4 is 11.8 Å². The minimum atomic E-state index is -4.37. The van der Waals surface area contributed by atoms with Crippen molar-refractivity contribution in [3.05, 3.63) is 107 Å². The number of amides is 2. The standard InChI is InChI=1S/C31H32F3N3O2/c32-31(33,34)26-14-7-9-23(19-26)20-36-18-15-27(21-36)35-28(38)22-37-17-8-16-30(29(37)39,24-10-3-1-4-11-24)25-12-5-2-6-13-25/h1-7,9-14,19,27H,8,15-18,20-22H2,(H,35,38). The zero-order valence-corrected chi connectivity index (χ0v) is 21.7. The molecule has 2 heterocycles. The van der Waals surface area contributed by atoms with E-state index in [9.17, 15) is 22.8 Å². The van der Waals surface area contributed by atoms with Gasteiger partial charge in [0, 0.05) is 32.2 Å². The molecule has 2 aliphatic heterocycles. The number of carbonyl (C=O) groups is 2. The molecule has 1 atom stereocenters. The summed E-state index contributed by atoms with van der Waals surface area (Å²) in [5.41, 5.74) is 0.946. The van der Waals surface area contributed by atoms with Gasteiger partial charge < -0.3 is 10.2 Å². The van der Waals surface area contributed by atoms with Gasteiger partial charge in [0.15, 0.2) is 0 Å². The van der Waals surface area contributed by atoms with Crippen LogP contribution in [0.5, 0.6) is 0 Å². The largest absolute Gasteiger partial charge is 0.416 e. The molecule has 1 N–H and O–H groups in total. The zero-order valence-electron chi connectivity index (χ0n) is 21.7. The van der Waals surface area contributed by atoms with Crippen LogP contribution in [0.4, 0.5) is 13.2 Å². The van der Waals surface area contributed by atoms with Crippen LogP contribution in [0, 0.1) is 0 Å². The Morgan fingerprint density at radius 1 is 0.923 bits per heavy atom. The predicted molar refractivity (Wildman–Crippen MR) is 143 cm³/mol. The summed E-state index contributed by atoms with van der Waals surface area (Å²) in [4.78, 5) is 30.8. The fourth-order valence-electron chi connectivity index (χ4n) is 5.96. The molecular formula is C31H32F3N3O2. The molecular weight excluding hydrogens is 503 g/mol. The third kappa shape index (κ3) is 5.86. The summed E-state index contributed by atoms with van der Waals surface area (Å²) in [6.07, 6.45) is -2.22. The second-order valence-electron chi connectivity index (χ2n) is 10.5. The van der Waals surface area contributed by atoms with Gasteiger partial charge in [-0.2, -0.15) is 13.2 Å². The van der Waals surface area contributed by atoms with E-state index in [1.165, 1.54) is 12.1 Å². The molecule has 0 saturated carbocycles. The van der Waals surface area contributed by atoms with E-state index in [2.05, 4.69) is 5.32 Å². The van der Waals surface area contributed by atoms with Crippen LogP contribution < -0.4 is 5.32 Å². The van der Waals surface area contributed by atoms with E-state index < -0.39 is 17.2 Å². The average molecular weight is 536 g/mol. The number of nitrogens with one attached hydrogen (secondary N) is 1. The summed E-state index contributed by atoms with van der Waals surface area (Å²) in [5.74, 6) is -0.287. The number of likely N-dealkylation sites (tertiary alicyclic amines) is 2. The van der Waals surface area contributed by atoms with E-state index in [0.717, 1.165) is 23.6 Å². The first-order chi connectivity index (χ1) is 18.8. The molecule has 39 heavy (non-hydrogen) atoms. The lowest BCUT2D eigenvalue weighted by Crippen LogP contribution is -2.55. The second-order valence-corrected chi connectivity index (χ2v) is 10.5. The van der Waals surface area contributed by atoms with Gasteiger partial charge in [-0.3, -0.25) is 14.5 Å². The molecule has 204 valence electrons. The number of nitrogens with zero attached hydrogens (tertiary/aromatic N) is 2. The Morgan fingerprint density at radius 3 is 2.23 bits per heavy atom. The van der Waals surface area contributed by atoms with Gasteiger partial charge in [-0.15, -0.1) is 0 Å². The maximum Gasteiger partial charge on any atom is 0.416 e. The Kier molecular flexibility index (Phi) is 7.75. The van der Waals surface area contributed by atoms with Crippen molar-refractivity contribution in [2.75, 3.05) is 26.2 Å². The summed E-state index contributed by atoms with van der Waals surface area (Å²) in [6.45, 7) is 2.10. The minimum Gasteiger partial charge on any atom is -0.350 e. The van der Waals surface area contributed by atoms with Crippen molar-refractivity contribution < 1.29 is 22.8 Å². The first-order valence-electron chi connectivity index (χ1n) is 13.3. The molecule has 3 aromatic rings. The number of benzene rings is 3. The highest BCUT2D eigenvalue weighted by Gasteiger charge is 2.47. The van der Waals surface area contributed by atoms with Crippen molar-refractivity contribution in [3.8, 4) is 0 Å². The Bertz CT molecular complexity index is 1260. The first-order valence-corrected chi connectivity index (χ1v) is 13.3. The fourth-order valence-corrected chi connectivity index (χ4v) is 5.96. The van der Waals surface area contributed by atoms with E-state index >= 15 is 0 Å². The van der Waals surface area contributed by atoms with Gasteiger partial charge in [0.1, 0.15) is 0 Å². The Hall–Kier alpha value is -3.65. The summed E-state index contributed by atoms with van der Waals surface area (Å²) in [5, 5.41) is 3.05. The van der Waals surface area contributed by atoms with Crippen LogP contribution in [0.1, 0.15) is 41.5 Å². The Balaban J connectivity index is 1.22. The molecule has 8 heteroatoms. The van der Waals surface area contributed by atoms with Crippen molar-refractivity contribution in [2.24, 2.45) is 0 Å². The van der Waals surface area contributed by atoms with Gasteiger partial charge in [0.25, 0.3) is 0 Å². The van der Waals surface area contributed by atoms with Crippen molar-refractivity contribution in [1.82, 2.24) is 15.1 Å². The van der Waals surface area contributed by atoms with Crippen molar-refractivity contribution in [1.29, 1.82) is 0 Å². The number of piperidine rings is 1. The fraction of sp³-hybridized carbons (Fsp3) is 0.355. The third-order valence-electron chi connectivity index (χ3n) is 7.80. The second kappa shape index (κ2) is 11.2. The molecule has 0 bridgehead atoms. The van der Waals surface area contributed by atoms with Crippen molar-refractivity contribution in [3.63, 3.8) is 0 Å². The van der Waals surface area contributed by atoms with Crippen LogP contribution in [0.3, 0.4) is 0 Å². The lowest BCUT2D eigenvalue weighted by molar-refractivity contribution is -0.142. The van der Waals surface area contributed by atoms with Crippen LogP contribution in [-0.2, 0) is 27.7 Å². The van der Waals surface area contributed by atoms with Gasteiger partial charge in [0.05, 0.1) is 17.5 Å². The highest BCUT2D eigenvalue weighted by atomic mass is 19.4. The van der Waals surface area contributed by atoms with Gasteiger partial charge >= 0.3 is 6.18 Å². The molecule has 0 radical (unpaired) electrons. The molecule has 5 nitrogen and oxygen atoms in total. The number of hydrogen-bond acceptors (Lipinski definition) is 3. The van der Waals surface area contributed by atoms with Gasteiger partial charge in [0.2, 0.25) is 11.8 Å². The highest BCUT2D eigenvalue weighted by molar-refractivity contribution is 5.95. The molecule has 3 aromatic carbocycles. The minimum absolute atomic E-state index is 0.0234. The number of alkyl halides is 3. The van der Waals surface area contributed by atoms with E-state index in [1.54, 1.807) is 11.0 Å². The summed E-state index contributed by atoms with van der Waals surface area (Å²) in [6, 6.07) is 24.8. The van der Waals surface area contributed by atoms with E-state index in [1.807, 2.05) is 65.6 Å². The number of halogens is 3. The molecule has 2 amide bonds. The molecule has 1 unspecified atom stereocenters. The highest BCUT2D eigenvalue weighted by Crippen LogP contribution is 2.41. The van der Waals surface area contributed by atoms with Crippen molar-refractivity contribution in [2.45, 2.75) is 43.4 Å². The normalized spacial score (nSPS) is 19.7. The van der Waals surface area contributed by atoms with E-state index in [0.29, 0.717) is 44.6 Å². The van der Waals surface area contributed by atoms with Gasteiger partial charge in [-0.25, -0.2) is 0 Å². The Labute approximate surface area is 226 Å². The molecule has 2 fully saturated rings. The van der Waals surface area contributed by atoms with Crippen LogP contribution in [0.2, 0.25) is 0 Å². The van der Waals surface area contributed by atoms with Crippen LogP contribution >= 0.6 is 0 Å². The van der Waals surface area contributed by atoms with E-state index in [4.69, 9.17) is 0 Å². The van der Waals surface area contributed by atoms with Crippen LogP contribution in [0.25, 0.3) is 0 Å². The lowest BCUT2D eigenvalue weighted by atomic mass is 9.68. The first kappa shape index (κ1) is 26.9. The quantitative estimate of drug-likeness (QED) is 0.463. The van der Waals surface area contributed by atoms with Crippen LogP contribution in [0.15, 0.2) is 84.9 Å². The molecule has 2 saturated heterocycles. The number of carbonyl (C=O) groups excluding carboxylic acids is 2. The maximum atomic E-state index is 14.0. The Morgan fingerprint density at radius 2 is 1.59 bits per heavy atom. The smallest absolute Gasteiger partial charge is 0.350 e. The molecule has 2 aliphatic rings. The molecule has 0 aromatic heterocycles.